The first-order valence-electron chi connectivity index (χ1n) is 9.51. The van der Waals surface area contributed by atoms with E-state index in [2.05, 4.69) is 32.1 Å². The van der Waals surface area contributed by atoms with E-state index < -0.39 is 0 Å². The van der Waals surface area contributed by atoms with Gasteiger partial charge in [0.05, 0.1) is 12.3 Å². The first-order valence-corrected chi connectivity index (χ1v) is 10.3. The van der Waals surface area contributed by atoms with Gasteiger partial charge in [-0.3, -0.25) is 0 Å². The molecule has 4 rings (SSSR count). The highest BCUT2D eigenvalue weighted by atomic mass is 32.1. The molecule has 0 aliphatic carbocycles. The smallest absolute Gasteiger partial charge is 0.208 e. The SMILES string of the molecule is CCOc1ccccc1N1CCN(c2nnc(Cc3ccc(F)cc3)s2)CC1. The van der Waals surface area contributed by atoms with Crippen LogP contribution in [0.5, 0.6) is 5.75 Å². The third-order valence-electron chi connectivity index (χ3n) is 4.78. The third-order valence-corrected chi connectivity index (χ3v) is 5.76. The highest BCUT2D eigenvalue weighted by molar-refractivity contribution is 7.15. The zero-order chi connectivity index (χ0) is 19.3. The van der Waals surface area contributed by atoms with Crippen molar-refractivity contribution in [1.82, 2.24) is 10.2 Å². The van der Waals surface area contributed by atoms with E-state index in [0.717, 1.165) is 53.3 Å². The largest absolute Gasteiger partial charge is 0.492 e. The molecule has 1 aliphatic heterocycles. The standard InChI is InChI=1S/C21H23FN4OS/c1-2-27-19-6-4-3-5-18(19)25-11-13-26(14-12-25)21-24-23-20(28-21)15-16-7-9-17(22)10-8-16/h3-10H,2,11-15H2,1H3. The highest BCUT2D eigenvalue weighted by Crippen LogP contribution is 2.30. The normalized spacial score (nSPS) is 14.4. The molecule has 0 atom stereocenters. The van der Waals surface area contributed by atoms with Gasteiger partial charge in [-0.2, -0.15) is 0 Å². The molecular formula is C21H23FN4OS. The summed E-state index contributed by atoms with van der Waals surface area (Å²) in [4.78, 5) is 4.65. The lowest BCUT2D eigenvalue weighted by atomic mass is 10.2. The first-order chi connectivity index (χ1) is 13.7. The molecule has 1 fully saturated rings. The molecule has 0 N–H and O–H groups in total. The second kappa shape index (κ2) is 8.56. The Kier molecular flexibility index (Phi) is 5.71. The van der Waals surface area contributed by atoms with Crippen molar-refractivity contribution in [3.63, 3.8) is 0 Å². The molecule has 0 radical (unpaired) electrons. The summed E-state index contributed by atoms with van der Waals surface area (Å²) >= 11 is 1.61. The third kappa shape index (κ3) is 4.25. The van der Waals surface area contributed by atoms with E-state index in [1.54, 1.807) is 23.5 Å². The molecule has 0 bridgehead atoms. The average Bonchev–Trinajstić information content (AvgIpc) is 3.19. The second-order valence-electron chi connectivity index (χ2n) is 6.66. The Morgan fingerprint density at radius 2 is 1.68 bits per heavy atom. The van der Waals surface area contributed by atoms with Crippen LogP contribution in [0.25, 0.3) is 0 Å². The number of halogens is 1. The lowest BCUT2D eigenvalue weighted by molar-refractivity contribution is 0.340. The van der Waals surface area contributed by atoms with Gasteiger partial charge in [-0.05, 0) is 36.8 Å². The lowest BCUT2D eigenvalue weighted by Crippen LogP contribution is -2.46. The van der Waals surface area contributed by atoms with Crippen molar-refractivity contribution in [3.8, 4) is 5.75 Å². The van der Waals surface area contributed by atoms with Gasteiger partial charge in [0, 0.05) is 32.6 Å². The number of anilines is 2. The monoisotopic (exact) mass is 398 g/mol. The summed E-state index contributed by atoms with van der Waals surface area (Å²) in [6.07, 6.45) is 0.680. The first kappa shape index (κ1) is 18.7. The molecule has 3 aromatic rings. The summed E-state index contributed by atoms with van der Waals surface area (Å²) in [5.41, 5.74) is 2.19. The fourth-order valence-electron chi connectivity index (χ4n) is 3.36. The fourth-order valence-corrected chi connectivity index (χ4v) is 4.28. The molecule has 0 unspecified atom stereocenters. The van der Waals surface area contributed by atoms with Crippen molar-refractivity contribution >= 4 is 22.2 Å². The number of hydrogen-bond donors (Lipinski definition) is 0. The van der Waals surface area contributed by atoms with Crippen molar-refractivity contribution in [1.29, 1.82) is 0 Å². The molecule has 0 spiro atoms. The van der Waals surface area contributed by atoms with Gasteiger partial charge >= 0.3 is 0 Å². The van der Waals surface area contributed by atoms with Crippen LogP contribution in [0, 0.1) is 5.82 Å². The Bertz CT molecular complexity index is 907. The number of piperazine rings is 1. The summed E-state index contributed by atoms with van der Waals surface area (Å²) in [6.45, 7) is 6.29. The number of para-hydroxylation sites is 2. The van der Waals surface area contributed by atoms with Crippen LogP contribution in [0.15, 0.2) is 48.5 Å². The van der Waals surface area contributed by atoms with E-state index in [4.69, 9.17) is 4.74 Å². The quantitative estimate of drug-likeness (QED) is 0.628. The summed E-state index contributed by atoms with van der Waals surface area (Å²) in [5.74, 6) is 0.724. The Labute approximate surface area is 168 Å². The minimum Gasteiger partial charge on any atom is -0.492 e. The van der Waals surface area contributed by atoms with Gasteiger partial charge < -0.3 is 14.5 Å². The Morgan fingerprint density at radius 3 is 2.43 bits per heavy atom. The van der Waals surface area contributed by atoms with Gasteiger partial charge in [-0.1, -0.05) is 35.6 Å². The van der Waals surface area contributed by atoms with Crippen LogP contribution in [0.2, 0.25) is 0 Å². The van der Waals surface area contributed by atoms with Gasteiger partial charge in [-0.15, -0.1) is 10.2 Å². The molecule has 1 aromatic heterocycles. The van der Waals surface area contributed by atoms with Crippen molar-refractivity contribution in [2.45, 2.75) is 13.3 Å². The predicted octanol–water partition coefficient (Wildman–Crippen LogP) is 3.99. The minimum atomic E-state index is -0.217. The van der Waals surface area contributed by atoms with Crippen molar-refractivity contribution in [2.24, 2.45) is 0 Å². The maximum absolute atomic E-state index is 13.1. The fraction of sp³-hybridized carbons (Fsp3) is 0.333. The Morgan fingerprint density at radius 1 is 0.964 bits per heavy atom. The van der Waals surface area contributed by atoms with E-state index in [-0.39, 0.29) is 5.82 Å². The van der Waals surface area contributed by atoms with E-state index in [1.807, 2.05) is 19.1 Å². The summed E-state index contributed by atoms with van der Waals surface area (Å²) in [6, 6.07) is 14.8. The van der Waals surface area contributed by atoms with Crippen LogP contribution in [0.3, 0.4) is 0 Å². The zero-order valence-corrected chi connectivity index (χ0v) is 16.7. The predicted molar refractivity (Wildman–Crippen MR) is 111 cm³/mol. The van der Waals surface area contributed by atoms with Crippen LogP contribution in [-0.2, 0) is 6.42 Å². The summed E-state index contributed by atoms with van der Waals surface area (Å²) < 4.78 is 18.8. The maximum atomic E-state index is 13.1. The van der Waals surface area contributed by atoms with Gasteiger partial charge in [-0.25, -0.2) is 4.39 Å². The number of ether oxygens (including phenoxy) is 1. The minimum absolute atomic E-state index is 0.217. The molecule has 0 saturated carbocycles. The molecule has 1 aliphatic rings. The molecule has 5 nitrogen and oxygen atoms in total. The van der Waals surface area contributed by atoms with E-state index in [9.17, 15) is 4.39 Å². The van der Waals surface area contributed by atoms with E-state index >= 15 is 0 Å². The van der Waals surface area contributed by atoms with Crippen molar-refractivity contribution in [3.05, 3.63) is 64.9 Å². The molecule has 146 valence electrons. The summed E-state index contributed by atoms with van der Waals surface area (Å²) in [7, 11) is 0. The topological polar surface area (TPSA) is 41.5 Å². The Hall–Kier alpha value is -2.67. The van der Waals surface area contributed by atoms with Crippen molar-refractivity contribution < 1.29 is 9.13 Å². The molecule has 7 heteroatoms. The van der Waals surface area contributed by atoms with Crippen LogP contribution < -0.4 is 14.5 Å². The number of nitrogens with zero attached hydrogens (tertiary/aromatic N) is 4. The molecule has 0 amide bonds. The molecule has 28 heavy (non-hydrogen) atoms. The average molecular weight is 399 g/mol. The zero-order valence-electron chi connectivity index (χ0n) is 15.8. The van der Waals surface area contributed by atoms with Gasteiger partial charge in [0.15, 0.2) is 0 Å². The number of aromatic nitrogens is 2. The van der Waals surface area contributed by atoms with Gasteiger partial charge in [0.2, 0.25) is 5.13 Å². The van der Waals surface area contributed by atoms with Crippen LogP contribution in [0.4, 0.5) is 15.2 Å². The van der Waals surface area contributed by atoms with Gasteiger partial charge in [0.25, 0.3) is 0 Å². The van der Waals surface area contributed by atoms with E-state index in [0.29, 0.717) is 13.0 Å². The highest BCUT2D eigenvalue weighted by Gasteiger charge is 2.22. The van der Waals surface area contributed by atoms with Crippen LogP contribution in [-0.4, -0.2) is 43.0 Å². The van der Waals surface area contributed by atoms with Crippen molar-refractivity contribution in [2.75, 3.05) is 42.6 Å². The summed E-state index contributed by atoms with van der Waals surface area (Å²) in [5, 5.41) is 10.6. The lowest BCUT2D eigenvalue weighted by Gasteiger charge is -2.36. The maximum Gasteiger partial charge on any atom is 0.208 e. The van der Waals surface area contributed by atoms with Crippen LogP contribution >= 0.6 is 11.3 Å². The molecular weight excluding hydrogens is 375 g/mol. The number of benzene rings is 2. The van der Waals surface area contributed by atoms with E-state index in [1.165, 1.54) is 12.1 Å². The van der Waals surface area contributed by atoms with Crippen LogP contribution in [0.1, 0.15) is 17.5 Å². The molecule has 2 heterocycles. The number of rotatable bonds is 6. The Balaban J connectivity index is 1.38. The second-order valence-corrected chi connectivity index (χ2v) is 7.70. The molecule has 2 aromatic carbocycles. The molecule has 1 saturated heterocycles. The van der Waals surface area contributed by atoms with Gasteiger partial charge in [0.1, 0.15) is 16.6 Å². The number of hydrogen-bond acceptors (Lipinski definition) is 6.